The van der Waals surface area contributed by atoms with Crippen LogP contribution in [0.1, 0.15) is 43.2 Å². The molecule has 17 heavy (non-hydrogen) atoms. The minimum atomic E-state index is -0.269. The van der Waals surface area contributed by atoms with E-state index in [1.165, 1.54) is 16.9 Å². The molecule has 2 nitrogen and oxygen atoms in total. The third-order valence-corrected chi connectivity index (χ3v) is 4.77. The molecule has 0 aromatic carbocycles. The number of aryl methyl sites for hydroxylation is 1. The standard InChI is InChI=1S/C13H20ClNOS/c1-8(2)11(16)7-15-10-4-3-5-12-9(10)6-13(14)17-12/h6,8,10-11,15-16H,3-5,7H2,1-2H3. The third kappa shape index (κ3) is 3.22. The predicted molar refractivity (Wildman–Crippen MR) is 73.9 cm³/mol. The summed E-state index contributed by atoms with van der Waals surface area (Å²) in [4.78, 5) is 1.41. The Morgan fingerprint density at radius 3 is 3.06 bits per heavy atom. The summed E-state index contributed by atoms with van der Waals surface area (Å²) in [6, 6.07) is 2.45. The molecule has 2 unspecified atom stereocenters. The lowest BCUT2D eigenvalue weighted by Gasteiger charge is -2.25. The van der Waals surface area contributed by atoms with Crippen LogP contribution in [0.25, 0.3) is 0 Å². The number of aliphatic hydroxyl groups is 1. The van der Waals surface area contributed by atoms with E-state index in [4.69, 9.17) is 11.6 Å². The number of rotatable bonds is 4. The number of fused-ring (bicyclic) bond motifs is 1. The highest BCUT2D eigenvalue weighted by Crippen LogP contribution is 2.37. The molecule has 1 aliphatic rings. The molecule has 0 spiro atoms. The van der Waals surface area contributed by atoms with E-state index in [1.54, 1.807) is 11.3 Å². The molecule has 2 atom stereocenters. The van der Waals surface area contributed by atoms with Crippen LogP contribution in [0.5, 0.6) is 0 Å². The van der Waals surface area contributed by atoms with Crippen LogP contribution in [0, 0.1) is 5.92 Å². The number of aliphatic hydroxyl groups excluding tert-OH is 1. The van der Waals surface area contributed by atoms with Gasteiger partial charge in [-0.25, -0.2) is 0 Å². The van der Waals surface area contributed by atoms with Crippen molar-refractivity contribution < 1.29 is 5.11 Å². The minimum Gasteiger partial charge on any atom is -0.392 e. The van der Waals surface area contributed by atoms with Crippen molar-refractivity contribution in [3.8, 4) is 0 Å². The number of hydrogen-bond acceptors (Lipinski definition) is 3. The average Bonchev–Trinajstić information content (AvgIpc) is 2.66. The molecule has 2 rings (SSSR count). The van der Waals surface area contributed by atoms with Crippen molar-refractivity contribution in [3.05, 3.63) is 20.8 Å². The minimum absolute atomic E-state index is 0.269. The normalized spacial score (nSPS) is 21.6. The van der Waals surface area contributed by atoms with E-state index >= 15 is 0 Å². The summed E-state index contributed by atoms with van der Waals surface area (Å²) < 4.78 is 0.883. The SMILES string of the molecule is CC(C)C(O)CNC1CCCc2sc(Cl)cc21. The van der Waals surface area contributed by atoms with Crippen molar-refractivity contribution in [1.29, 1.82) is 0 Å². The zero-order valence-corrected chi connectivity index (χ0v) is 11.9. The molecule has 1 aromatic rings. The first kappa shape index (κ1) is 13.3. The Morgan fingerprint density at radius 2 is 2.35 bits per heavy atom. The maximum Gasteiger partial charge on any atom is 0.0934 e. The fourth-order valence-electron chi connectivity index (χ4n) is 2.23. The number of halogens is 1. The van der Waals surface area contributed by atoms with Crippen molar-refractivity contribution in [3.63, 3.8) is 0 Å². The topological polar surface area (TPSA) is 32.3 Å². The molecule has 0 saturated carbocycles. The van der Waals surface area contributed by atoms with E-state index in [-0.39, 0.29) is 6.10 Å². The molecular weight excluding hydrogens is 254 g/mol. The van der Waals surface area contributed by atoms with Gasteiger partial charge >= 0.3 is 0 Å². The van der Waals surface area contributed by atoms with Crippen molar-refractivity contribution in [2.24, 2.45) is 5.92 Å². The van der Waals surface area contributed by atoms with Crippen molar-refractivity contribution in [2.45, 2.75) is 45.3 Å². The summed E-state index contributed by atoms with van der Waals surface area (Å²) in [7, 11) is 0. The molecule has 1 aliphatic carbocycles. The summed E-state index contributed by atoms with van der Waals surface area (Å²) in [5.41, 5.74) is 1.35. The first-order chi connectivity index (χ1) is 8.08. The van der Waals surface area contributed by atoms with E-state index in [0.29, 0.717) is 18.5 Å². The average molecular weight is 274 g/mol. The molecule has 96 valence electrons. The van der Waals surface area contributed by atoms with Crippen LogP contribution in [0.3, 0.4) is 0 Å². The van der Waals surface area contributed by atoms with Gasteiger partial charge in [0.15, 0.2) is 0 Å². The van der Waals surface area contributed by atoms with Crippen LogP contribution >= 0.6 is 22.9 Å². The van der Waals surface area contributed by atoms with Crippen LogP contribution in [0.15, 0.2) is 6.07 Å². The molecule has 0 fully saturated rings. The largest absolute Gasteiger partial charge is 0.392 e. The molecule has 0 saturated heterocycles. The monoisotopic (exact) mass is 273 g/mol. The Balaban J connectivity index is 1.99. The van der Waals surface area contributed by atoms with Gasteiger partial charge in [-0.2, -0.15) is 0 Å². The third-order valence-electron chi connectivity index (χ3n) is 3.43. The number of hydrogen-bond donors (Lipinski definition) is 2. The number of thiophene rings is 1. The Bertz CT molecular complexity index is 377. The Kier molecular flexibility index (Phi) is 4.47. The highest BCUT2D eigenvalue weighted by Gasteiger charge is 2.23. The van der Waals surface area contributed by atoms with Crippen LogP contribution < -0.4 is 5.32 Å². The summed E-state index contributed by atoms with van der Waals surface area (Å²) >= 11 is 7.77. The molecule has 2 N–H and O–H groups in total. The summed E-state index contributed by atoms with van der Waals surface area (Å²) in [5.74, 6) is 0.302. The van der Waals surface area contributed by atoms with E-state index in [0.717, 1.165) is 17.2 Å². The highest BCUT2D eigenvalue weighted by atomic mass is 35.5. The first-order valence-electron chi connectivity index (χ1n) is 6.27. The van der Waals surface area contributed by atoms with Gasteiger partial charge in [0.2, 0.25) is 0 Å². The van der Waals surface area contributed by atoms with Crippen LogP contribution in [0.4, 0.5) is 0 Å². The molecule has 4 heteroatoms. The first-order valence-corrected chi connectivity index (χ1v) is 7.47. The van der Waals surface area contributed by atoms with E-state index in [2.05, 4.69) is 11.4 Å². The summed E-state index contributed by atoms with van der Waals surface area (Å²) in [6.45, 7) is 4.75. The molecule has 1 heterocycles. The van der Waals surface area contributed by atoms with E-state index < -0.39 is 0 Å². The number of nitrogens with one attached hydrogen (secondary N) is 1. The van der Waals surface area contributed by atoms with Gasteiger partial charge in [0.05, 0.1) is 10.4 Å². The fraction of sp³-hybridized carbons (Fsp3) is 0.692. The maximum absolute atomic E-state index is 9.82. The van der Waals surface area contributed by atoms with Crippen molar-refractivity contribution in [2.75, 3.05) is 6.54 Å². The molecule has 0 bridgehead atoms. The van der Waals surface area contributed by atoms with Gasteiger partial charge < -0.3 is 10.4 Å². The Morgan fingerprint density at radius 1 is 1.59 bits per heavy atom. The van der Waals surface area contributed by atoms with Gasteiger partial charge in [0, 0.05) is 17.5 Å². The van der Waals surface area contributed by atoms with Gasteiger partial charge in [-0.05, 0) is 36.8 Å². The van der Waals surface area contributed by atoms with E-state index in [1.807, 2.05) is 13.8 Å². The highest BCUT2D eigenvalue weighted by molar-refractivity contribution is 7.16. The summed E-state index contributed by atoms with van der Waals surface area (Å²) in [5, 5.41) is 13.3. The van der Waals surface area contributed by atoms with Crippen LogP contribution in [-0.4, -0.2) is 17.8 Å². The second kappa shape index (κ2) is 5.70. The van der Waals surface area contributed by atoms with Crippen LogP contribution in [-0.2, 0) is 6.42 Å². The predicted octanol–water partition coefficient (Wildman–Crippen LogP) is 3.39. The Labute approximate surface area is 112 Å². The smallest absolute Gasteiger partial charge is 0.0934 e. The maximum atomic E-state index is 9.82. The fourth-order valence-corrected chi connectivity index (χ4v) is 3.62. The lowest BCUT2D eigenvalue weighted by Crippen LogP contribution is -2.34. The zero-order chi connectivity index (χ0) is 12.4. The Hall–Kier alpha value is -0.0900. The second-order valence-electron chi connectivity index (χ2n) is 5.09. The molecule has 0 amide bonds. The van der Waals surface area contributed by atoms with Gasteiger partial charge in [0.1, 0.15) is 0 Å². The second-order valence-corrected chi connectivity index (χ2v) is 6.86. The molecular formula is C13H20ClNOS. The molecule has 0 aliphatic heterocycles. The molecule has 0 radical (unpaired) electrons. The van der Waals surface area contributed by atoms with Gasteiger partial charge in [-0.3, -0.25) is 0 Å². The quantitative estimate of drug-likeness (QED) is 0.881. The van der Waals surface area contributed by atoms with Gasteiger partial charge in [-0.15, -0.1) is 11.3 Å². The molecule has 1 aromatic heterocycles. The van der Waals surface area contributed by atoms with Gasteiger partial charge in [-0.1, -0.05) is 25.4 Å². The van der Waals surface area contributed by atoms with Crippen LogP contribution in [0.2, 0.25) is 4.34 Å². The van der Waals surface area contributed by atoms with E-state index in [9.17, 15) is 5.11 Å². The van der Waals surface area contributed by atoms with Gasteiger partial charge in [0.25, 0.3) is 0 Å². The summed E-state index contributed by atoms with van der Waals surface area (Å²) in [6.07, 6.45) is 3.23. The van der Waals surface area contributed by atoms with Crippen molar-refractivity contribution >= 4 is 22.9 Å². The zero-order valence-electron chi connectivity index (χ0n) is 10.4. The van der Waals surface area contributed by atoms with Crippen molar-refractivity contribution in [1.82, 2.24) is 5.32 Å². The lowest BCUT2D eigenvalue weighted by molar-refractivity contribution is 0.119. The lowest BCUT2D eigenvalue weighted by atomic mass is 9.93.